The number of nitrogens with zero attached hydrogens (tertiary/aromatic N) is 3. The number of anilines is 1. The van der Waals surface area contributed by atoms with Crippen LogP contribution in [0, 0.1) is 0 Å². The van der Waals surface area contributed by atoms with Gasteiger partial charge in [0.15, 0.2) is 17.1 Å². The van der Waals surface area contributed by atoms with Gasteiger partial charge in [-0.25, -0.2) is 15.0 Å². The van der Waals surface area contributed by atoms with E-state index in [1.54, 1.807) is 24.3 Å². The van der Waals surface area contributed by atoms with E-state index in [1.165, 1.54) is 30.7 Å². The number of carbonyl (C=O) groups excluding carboxylic acids is 2. The van der Waals surface area contributed by atoms with Gasteiger partial charge < -0.3 is 20.5 Å². The zero-order valence-electron chi connectivity index (χ0n) is 15.6. The SMILES string of the molecule is CCOc1cccnc1C(=O)NCc1ccnc(NC(=O)c2ncccc2O)c1. The standard InChI is InChI=1S/C20H19N5O4/c1-2-29-15-6-4-9-23-18(15)19(27)24-12-13-7-10-21-16(11-13)25-20(28)17-14(26)5-3-8-22-17/h3-11,26H,2,12H2,1H3,(H,24,27)(H,21,25,28). The van der Waals surface area contributed by atoms with Crippen LogP contribution in [0.5, 0.6) is 11.5 Å². The minimum Gasteiger partial charge on any atom is -0.505 e. The van der Waals surface area contributed by atoms with Crippen LogP contribution < -0.4 is 15.4 Å². The molecule has 3 rings (SSSR count). The highest BCUT2D eigenvalue weighted by Crippen LogP contribution is 2.17. The molecule has 9 heteroatoms. The van der Waals surface area contributed by atoms with Gasteiger partial charge in [-0.05, 0) is 48.9 Å². The maximum absolute atomic E-state index is 12.4. The molecule has 0 fully saturated rings. The van der Waals surface area contributed by atoms with Crippen LogP contribution in [-0.4, -0.2) is 38.5 Å². The maximum atomic E-state index is 12.4. The van der Waals surface area contributed by atoms with Crippen molar-refractivity contribution in [3.63, 3.8) is 0 Å². The van der Waals surface area contributed by atoms with E-state index in [0.717, 1.165) is 0 Å². The van der Waals surface area contributed by atoms with Crippen LogP contribution >= 0.6 is 0 Å². The first kappa shape index (κ1) is 19.7. The van der Waals surface area contributed by atoms with Crippen LogP contribution in [0.2, 0.25) is 0 Å². The van der Waals surface area contributed by atoms with Crippen molar-refractivity contribution in [3.8, 4) is 11.5 Å². The Labute approximate surface area is 166 Å². The zero-order chi connectivity index (χ0) is 20.6. The van der Waals surface area contributed by atoms with Gasteiger partial charge in [0.2, 0.25) is 0 Å². The molecule has 0 aliphatic carbocycles. The fraction of sp³-hybridized carbons (Fsp3) is 0.150. The Morgan fingerprint density at radius 3 is 2.52 bits per heavy atom. The molecule has 3 aromatic heterocycles. The smallest absolute Gasteiger partial charge is 0.279 e. The van der Waals surface area contributed by atoms with Crippen LogP contribution in [0.4, 0.5) is 5.82 Å². The van der Waals surface area contributed by atoms with E-state index in [2.05, 4.69) is 25.6 Å². The molecular weight excluding hydrogens is 374 g/mol. The molecule has 0 radical (unpaired) electrons. The van der Waals surface area contributed by atoms with Crippen molar-refractivity contribution in [1.29, 1.82) is 0 Å². The molecule has 2 amide bonds. The fourth-order valence-electron chi connectivity index (χ4n) is 2.50. The van der Waals surface area contributed by atoms with Gasteiger partial charge >= 0.3 is 0 Å². The summed E-state index contributed by atoms with van der Waals surface area (Å²) in [7, 11) is 0. The Bertz CT molecular complexity index is 1030. The van der Waals surface area contributed by atoms with Crippen molar-refractivity contribution in [1.82, 2.24) is 20.3 Å². The Hall–Kier alpha value is -4.01. The van der Waals surface area contributed by atoms with E-state index in [9.17, 15) is 14.7 Å². The van der Waals surface area contributed by atoms with Crippen molar-refractivity contribution in [2.45, 2.75) is 13.5 Å². The van der Waals surface area contributed by atoms with Crippen LogP contribution in [0.3, 0.4) is 0 Å². The number of pyridine rings is 3. The van der Waals surface area contributed by atoms with E-state index < -0.39 is 5.91 Å². The Morgan fingerprint density at radius 1 is 1.00 bits per heavy atom. The van der Waals surface area contributed by atoms with E-state index >= 15 is 0 Å². The van der Waals surface area contributed by atoms with Crippen molar-refractivity contribution >= 4 is 17.6 Å². The Morgan fingerprint density at radius 2 is 1.76 bits per heavy atom. The molecular formula is C20H19N5O4. The predicted octanol–water partition coefficient (Wildman–Crippen LogP) is 2.16. The van der Waals surface area contributed by atoms with Gasteiger partial charge in [-0.1, -0.05) is 0 Å². The summed E-state index contributed by atoms with van der Waals surface area (Å²) in [5, 5.41) is 15.0. The first-order valence-electron chi connectivity index (χ1n) is 8.84. The molecule has 3 N–H and O–H groups in total. The second kappa shape index (κ2) is 9.27. The molecule has 3 aromatic rings. The normalized spacial score (nSPS) is 10.2. The Balaban J connectivity index is 1.65. The van der Waals surface area contributed by atoms with Crippen LogP contribution in [0.25, 0.3) is 0 Å². The minimum absolute atomic E-state index is 0.105. The number of hydrogen-bond donors (Lipinski definition) is 3. The first-order valence-corrected chi connectivity index (χ1v) is 8.84. The second-order valence-electron chi connectivity index (χ2n) is 5.84. The lowest BCUT2D eigenvalue weighted by molar-refractivity contribution is 0.0940. The Kier molecular flexibility index (Phi) is 6.31. The molecule has 0 aromatic carbocycles. The highest BCUT2D eigenvalue weighted by atomic mass is 16.5. The third-order valence-electron chi connectivity index (χ3n) is 3.81. The van der Waals surface area contributed by atoms with Gasteiger partial charge in [-0.3, -0.25) is 9.59 Å². The largest absolute Gasteiger partial charge is 0.505 e. The number of rotatable bonds is 7. The number of carbonyl (C=O) groups is 2. The summed E-state index contributed by atoms with van der Waals surface area (Å²) in [6.45, 7) is 2.44. The summed E-state index contributed by atoms with van der Waals surface area (Å²) in [5.41, 5.74) is 0.803. The van der Waals surface area contributed by atoms with Crippen molar-refractivity contribution in [3.05, 3.63) is 71.9 Å². The topological polar surface area (TPSA) is 126 Å². The fourth-order valence-corrected chi connectivity index (χ4v) is 2.50. The van der Waals surface area contributed by atoms with Crippen LogP contribution in [-0.2, 0) is 6.54 Å². The summed E-state index contributed by atoms with van der Waals surface area (Å²) in [6.07, 6.45) is 4.43. The molecule has 29 heavy (non-hydrogen) atoms. The van der Waals surface area contributed by atoms with E-state index in [1.807, 2.05) is 6.92 Å². The van der Waals surface area contributed by atoms with Crippen molar-refractivity contribution in [2.75, 3.05) is 11.9 Å². The number of hydrogen-bond acceptors (Lipinski definition) is 7. The molecule has 0 unspecified atom stereocenters. The van der Waals surface area contributed by atoms with Gasteiger partial charge in [0.05, 0.1) is 6.61 Å². The summed E-state index contributed by atoms with van der Waals surface area (Å²) in [4.78, 5) is 36.6. The van der Waals surface area contributed by atoms with Gasteiger partial charge in [-0.2, -0.15) is 0 Å². The van der Waals surface area contributed by atoms with Crippen molar-refractivity contribution in [2.24, 2.45) is 0 Å². The van der Waals surface area contributed by atoms with Crippen LogP contribution in [0.15, 0.2) is 55.0 Å². The summed E-state index contributed by atoms with van der Waals surface area (Å²) < 4.78 is 5.42. The molecule has 0 aliphatic rings. The summed E-state index contributed by atoms with van der Waals surface area (Å²) >= 11 is 0. The second-order valence-corrected chi connectivity index (χ2v) is 5.84. The predicted molar refractivity (Wildman–Crippen MR) is 105 cm³/mol. The monoisotopic (exact) mass is 393 g/mol. The van der Waals surface area contributed by atoms with Crippen molar-refractivity contribution < 1.29 is 19.4 Å². The summed E-state index contributed by atoms with van der Waals surface area (Å²) in [5.74, 6) is -0.527. The number of aromatic nitrogens is 3. The third kappa shape index (κ3) is 5.04. The van der Waals surface area contributed by atoms with Gasteiger partial charge in [0, 0.05) is 25.1 Å². The molecule has 3 heterocycles. The van der Waals surface area contributed by atoms with E-state index in [0.29, 0.717) is 17.9 Å². The molecule has 148 valence electrons. The molecule has 9 nitrogen and oxygen atoms in total. The van der Waals surface area contributed by atoms with Crippen LogP contribution in [0.1, 0.15) is 33.5 Å². The molecule has 0 spiro atoms. The quantitative estimate of drug-likeness (QED) is 0.561. The molecule has 0 atom stereocenters. The first-order chi connectivity index (χ1) is 14.1. The lowest BCUT2D eigenvalue weighted by atomic mass is 10.2. The number of amides is 2. The van der Waals surface area contributed by atoms with Gasteiger partial charge in [-0.15, -0.1) is 0 Å². The lowest BCUT2D eigenvalue weighted by Gasteiger charge is -2.10. The number of nitrogens with one attached hydrogen (secondary N) is 2. The zero-order valence-corrected chi connectivity index (χ0v) is 15.6. The van der Waals surface area contributed by atoms with Gasteiger partial charge in [0.25, 0.3) is 11.8 Å². The van der Waals surface area contributed by atoms with E-state index in [4.69, 9.17) is 4.74 Å². The highest BCUT2D eigenvalue weighted by Gasteiger charge is 2.15. The average Bonchev–Trinajstić information content (AvgIpc) is 2.73. The lowest BCUT2D eigenvalue weighted by Crippen LogP contribution is -2.24. The third-order valence-corrected chi connectivity index (χ3v) is 3.81. The minimum atomic E-state index is -0.591. The molecule has 0 saturated carbocycles. The molecule has 0 bridgehead atoms. The maximum Gasteiger partial charge on any atom is 0.279 e. The number of aromatic hydroxyl groups is 1. The van der Waals surface area contributed by atoms with E-state index in [-0.39, 0.29) is 35.4 Å². The highest BCUT2D eigenvalue weighted by molar-refractivity contribution is 6.04. The number of ether oxygens (including phenoxy) is 1. The van der Waals surface area contributed by atoms with Gasteiger partial charge in [0.1, 0.15) is 11.6 Å². The molecule has 0 aliphatic heterocycles. The molecule has 0 saturated heterocycles. The summed E-state index contributed by atoms with van der Waals surface area (Å²) in [6, 6.07) is 9.58. The average molecular weight is 393 g/mol.